The molecule has 6 nitrogen and oxygen atoms in total. The van der Waals surface area contributed by atoms with E-state index in [2.05, 4.69) is 5.32 Å². The molecule has 0 aromatic heterocycles. The fourth-order valence-corrected chi connectivity index (χ4v) is 4.41. The van der Waals surface area contributed by atoms with Crippen LogP contribution in [0.5, 0.6) is 0 Å². The minimum atomic E-state index is -0.504. The number of rotatable bonds is 7. The average molecular weight is 426 g/mol. The first kappa shape index (κ1) is 22.1. The summed E-state index contributed by atoms with van der Waals surface area (Å²) in [5.41, 5.74) is 4.75. The molecule has 1 aliphatic heterocycles. The number of aliphatic imine (C=N–C) groups is 1. The highest BCUT2D eigenvalue weighted by Gasteiger charge is 2.39. The van der Waals surface area contributed by atoms with Crippen LogP contribution in [0.15, 0.2) is 47.5 Å². The quantitative estimate of drug-likeness (QED) is 0.721. The molecule has 2 aromatic carbocycles. The van der Waals surface area contributed by atoms with E-state index in [1.165, 1.54) is 11.8 Å². The van der Waals surface area contributed by atoms with Crippen molar-refractivity contribution in [1.82, 2.24) is 4.90 Å². The normalized spacial score (nSPS) is 17.6. The standard InChI is InChI=1S/C23H27N3O3S/c1-15-9-10-19(17(3)13-15)24-21(27)14-20-22(28)26(11-12-29-4)23(30-20)25-18-8-6-5-7-16(18)2/h5-10,13,20H,11-12,14H2,1-4H3,(H,24,27)/t20-/m0/s1. The van der Waals surface area contributed by atoms with Crippen molar-refractivity contribution in [2.45, 2.75) is 32.4 Å². The Morgan fingerprint density at radius 3 is 2.63 bits per heavy atom. The van der Waals surface area contributed by atoms with Crippen molar-refractivity contribution in [2.24, 2.45) is 4.99 Å². The predicted molar refractivity (Wildman–Crippen MR) is 122 cm³/mol. The van der Waals surface area contributed by atoms with Crippen LogP contribution in [0.25, 0.3) is 0 Å². The molecule has 1 atom stereocenters. The Kier molecular flexibility index (Phi) is 7.29. The Bertz CT molecular complexity index is 974. The molecule has 7 heteroatoms. The summed E-state index contributed by atoms with van der Waals surface area (Å²) in [5, 5.41) is 3.03. The van der Waals surface area contributed by atoms with Gasteiger partial charge in [-0.2, -0.15) is 0 Å². The number of carbonyl (C=O) groups is 2. The van der Waals surface area contributed by atoms with Crippen molar-refractivity contribution in [3.8, 4) is 0 Å². The molecule has 3 rings (SSSR count). The summed E-state index contributed by atoms with van der Waals surface area (Å²) in [7, 11) is 1.60. The maximum absolute atomic E-state index is 13.0. The molecule has 0 bridgehead atoms. The third-order valence-electron chi connectivity index (χ3n) is 4.90. The molecule has 2 amide bonds. The number of ether oxygens (including phenoxy) is 1. The van der Waals surface area contributed by atoms with Gasteiger partial charge in [0.1, 0.15) is 5.25 Å². The number of methoxy groups -OCH3 is 1. The zero-order chi connectivity index (χ0) is 21.7. The number of hydrogen-bond donors (Lipinski definition) is 1. The van der Waals surface area contributed by atoms with Gasteiger partial charge in [-0.05, 0) is 44.0 Å². The highest BCUT2D eigenvalue weighted by atomic mass is 32.2. The second-order valence-electron chi connectivity index (χ2n) is 7.34. The minimum Gasteiger partial charge on any atom is -0.383 e. The molecular weight excluding hydrogens is 398 g/mol. The Balaban J connectivity index is 1.75. The topological polar surface area (TPSA) is 71.0 Å². The van der Waals surface area contributed by atoms with Crippen molar-refractivity contribution in [3.05, 3.63) is 59.2 Å². The van der Waals surface area contributed by atoms with Gasteiger partial charge >= 0.3 is 0 Å². The van der Waals surface area contributed by atoms with Crippen molar-refractivity contribution in [3.63, 3.8) is 0 Å². The van der Waals surface area contributed by atoms with Crippen LogP contribution in [-0.2, 0) is 14.3 Å². The van der Waals surface area contributed by atoms with Crippen molar-refractivity contribution in [2.75, 3.05) is 25.6 Å². The van der Waals surface area contributed by atoms with Gasteiger partial charge in [-0.1, -0.05) is 47.7 Å². The van der Waals surface area contributed by atoms with Crippen molar-refractivity contribution >= 4 is 40.1 Å². The molecule has 0 radical (unpaired) electrons. The van der Waals surface area contributed by atoms with Crippen LogP contribution in [0.4, 0.5) is 11.4 Å². The lowest BCUT2D eigenvalue weighted by atomic mass is 10.1. The molecule has 158 valence electrons. The number of aryl methyl sites for hydroxylation is 3. The van der Waals surface area contributed by atoms with Gasteiger partial charge in [-0.3, -0.25) is 14.5 Å². The number of amidine groups is 1. The maximum Gasteiger partial charge on any atom is 0.242 e. The summed E-state index contributed by atoms with van der Waals surface area (Å²) in [6.07, 6.45) is 0.0904. The number of anilines is 1. The van der Waals surface area contributed by atoms with E-state index in [1.807, 2.05) is 63.2 Å². The van der Waals surface area contributed by atoms with Crippen molar-refractivity contribution in [1.29, 1.82) is 0 Å². The summed E-state index contributed by atoms with van der Waals surface area (Å²) in [6.45, 7) is 6.76. The largest absolute Gasteiger partial charge is 0.383 e. The predicted octanol–water partition coefficient (Wildman–Crippen LogP) is 4.22. The molecule has 1 aliphatic rings. The minimum absolute atomic E-state index is 0.0904. The van der Waals surface area contributed by atoms with Gasteiger partial charge in [-0.25, -0.2) is 4.99 Å². The third-order valence-corrected chi connectivity index (χ3v) is 6.07. The molecule has 1 fully saturated rings. The zero-order valence-corrected chi connectivity index (χ0v) is 18.6. The number of nitrogens with one attached hydrogen (secondary N) is 1. The number of hydrogen-bond acceptors (Lipinski definition) is 5. The van der Waals surface area contributed by atoms with Gasteiger partial charge in [0.25, 0.3) is 0 Å². The summed E-state index contributed by atoms with van der Waals surface area (Å²) >= 11 is 1.34. The second kappa shape index (κ2) is 9.91. The van der Waals surface area contributed by atoms with Gasteiger partial charge in [0, 0.05) is 19.2 Å². The zero-order valence-electron chi connectivity index (χ0n) is 17.8. The Morgan fingerprint density at radius 1 is 1.17 bits per heavy atom. The fraction of sp³-hybridized carbons (Fsp3) is 0.348. The summed E-state index contributed by atoms with van der Waals surface area (Å²) in [5.74, 6) is -0.295. The molecule has 30 heavy (non-hydrogen) atoms. The lowest BCUT2D eigenvalue weighted by Crippen LogP contribution is -2.35. The van der Waals surface area contributed by atoms with Crippen LogP contribution >= 0.6 is 11.8 Å². The molecule has 0 unspecified atom stereocenters. The van der Waals surface area contributed by atoms with Crippen LogP contribution in [-0.4, -0.2) is 47.4 Å². The number of thioether (sulfide) groups is 1. The van der Waals surface area contributed by atoms with Crippen LogP contribution in [0.2, 0.25) is 0 Å². The second-order valence-corrected chi connectivity index (χ2v) is 8.51. The highest BCUT2D eigenvalue weighted by molar-refractivity contribution is 8.15. The molecule has 0 aliphatic carbocycles. The number of benzene rings is 2. The molecule has 1 saturated heterocycles. The smallest absolute Gasteiger partial charge is 0.242 e. The van der Waals surface area contributed by atoms with Crippen LogP contribution in [0.3, 0.4) is 0 Å². The van der Waals surface area contributed by atoms with E-state index in [-0.39, 0.29) is 18.2 Å². The highest BCUT2D eigenvalue weighted by Crippen LogP contribution is 2.32. The molecule has 1 heterocycles. The Labute approximate surface area is 181 Å². The van der Waals surface area contributed by atoms with Gasteiger partial charge in [0.2, 0.25) is 11.8 Å². The van der Waals surface area contributed by atoms with E-state index in [4.69, 9.17) is 9.73 Å². The SMILES string of the molecule is COCCN1C(=O)[C@H](CC(=O)Nc2ccc(C)cc2C)SC1=Nc1ccccc1C. The van der Waals surface area contributed by atoms with Gasteiger partial charge in [-0.15, -0.1) is 0 Å². The maximum atomic E-state index is 13.0. The number of carbonyl (C=O) groups excluding carboxylic acids is 2. The third kappa shape index (κ3) is 5.29. The van der Waals surface area contributed by atoms with E-state index in [0.717, 1.165) is 28.1 Å². The molecule has 1 N–H and O–H groups in total. The fourth-order valence-electron chi connectivity index (χ4n) is 3.23. The Morgan fingerprint density at radius 2 is 1.93 bits per heavy atom. The van der Waals surface area contributed by atoms with Gasteiger partial charge < -0.3 is 10.1 Å². The van der Waals surface area contributed by atoms with Crippen LogP contribution < -0.4 is 5.32 Å². The number of para-hydroxylation sites is 1. The van der Waals surface area contributed by atoms with E-state index in [1.54, 1.807) is 12.0 Å². The molecule has 0 saturated carbocycles. The average Bonchev–Trinajstić information content (AvgIpc) is 2.98. The summed E-state index contributed by atoms with van der Waals surface area (Å²) in [4.78, 5) is 31.9. The lowest BCUT2D eigenvalue weighted by Gasteiger charge is -2.16. The Hall–Kier alpha value is -2.64. The van der Waals surface area contributed by atoms with E-state index in [9.17, 15) is 9.59 Å². The van der Waals surface area contributed by atoms with E-state index >= 15 is 0 Å². The van der Waals surface area contributed by atoms with Gasteiger partial charge in [0.05, 0.1) is 18.8 Å². The van der Waals surface area contributed by atoms with Crippen LogP contribution in [0, 0.1) is 20.8 Å². The van der Waals surface area contributed by atoms with Crippen molar-refractivity contribution < 1.29 is 14.3 Å². The number of amides is 2. The van der Waals surface area contributed by atoms with Crippen LogP contribution in [0.1, 0.15) is 23.1 Å². The molecule has 0 spiro atoms. The monoisotopic (exact) mass is 425 g/mol. The first-order valence-electron chi connectivity index (χ1n) is 9.87. The first-order chi connectivity index (χ1) is 14.4. The first-order valence-corrected chi connectivity index (χ1v) is 10.8. The van der Waals surface area contributed by atoms with Gasteiger partial charge in [0.15, 0.2) is 5.17 Å². The lowest BCUT2D eigenvalue weighted by molar-refractivity contribution is -0.128. The van der Waals surface area contributed by atoms with E-state index in [0.29, 0.717) is 18.3 Å². The number of nitrogens with zero attached hydrogens (tertiary/aromatic N) is 2. The molecular formula is C23H27N3O3S. The summed E-state index contributed by atoms with van der Waals surface area (Å²) in [6, 6.07) is 13.6. The van der Waals surface area contributed by atoms with E-state index < -0.39 is 5.25 Å². The molecule has 2 aromatic rings. The summed E-state index contributed by atoms with van der Waals surface area (Å²) < 4.78 is 5.16.